The van der Waals surface area contributed by atoms with Crippen LogP contribution in [-0.2, 0) is 16.1 Å². The van der Waals surface area contributed by atoms with Crippen molar-refractivity contribution in [1.82, 2.24) is 4.57 Å². The van der Waals surface area contributed by atoms with Gasteiger partial charge in [0.2, 0.25) is 0 Å². The maximum absolute atomic E-state index is 13.9. The molecule has 0 aliphatic carbocycles. The number of carbonyl (C=O) groups is 2. The Morgan fingerprint density at radius 2 is 1.85 bits per heavy atom. The lowest BCUT2D eigenvalue weighted by Crippen LogP contribution is -2.22. The Balaban J connectivity index is 2.19. The summed E-state index contributed by atoms with van der Waals surface area (Å²) in [5, 5.41) is 0. The first kappa shape index (κ1) is 18.7. The van der Waals surface area contributed by atoms with Crippen LogP contribution in [0.5, 0.6) is 5.75 Å². The molecule has 3 aromatic rings. The largest absolute Gasteiger partial charge is 0.497 e. The lowest BCUT2D eigenvalue weighted by Gasteiger charge is -2.04. The second-order valence-electron chi connectivity index (χ2n) is 5.39. The van der Waals surface area contributed by atoms with Gasteiger partial charge in [-0.05, 0) is 30.3 Å². The molecule has 0 saturated heterocycles. The highest BCUT2D eigenvalue weighted by atomic mass is 32.1. The van der Waals surface area contributed by atoms with Crippen molar-refractivity contribution in [2.45, 2.75) is 6.54 Å². The van der Waals surface area contributed by atoms with Crippen molar-refractivity contribution in [3.63, 3.8) is 0 Å². The van der Waals surface area contributed by atoms with Crippen molar-refractivity contribution in [3.05, 3.63) is 58.4 Å². The van der Waals surface area contributed by atoms with E-state index in [1.165, 1.54) is 18.8 Å². The van der Waals surface area contributed by atoms with E-state index in [9.17, 15) is 18.4 Å². The third kappa shape index (κ3) is 3.72. The molecule has 140 valence electrons. The zero-order chi connectivity index (χ0) is 19.6. The summed E-state index contributed by atoms with van der Waals surface area (Å²) >= 11 is 1.08. The van der Waals surface area contributed by atoms with Gasteiger partial charge in [0, 0.05) is 0 Å². The zero-order valence-electron chi connectivity index (χ0n) is 14.4. The molecule has 6 nitrogen and oxygen atoms in total. The Morgan fingerprint density at radius 1 is 1.15 bits per heavy atom. The summed E-state index contributed by atoms with van der Waals surface area (Å²) < 4.78 is 39.7. The number of halogens is 2. The van der Waals surface area contributed by atoms with Crippen LogP contribution in [0.1, 0.15) is 10.4 Å². The van der Waals surface area contributed by atoms with Gasteiger partial charge >= 0.3 is 5.97 Å². The number of ether oxygens (including phenoxy) is 2. The van der Waals surface area contributed by atoms with Gasteiger partial charge in [0.1, 0.15) is 29.5 Å². The number of nitrogens with zero attached hydrogens (tertiary/aromatic N) is 2. The van der Waals surface area contributed by atoms with Crippen LogP contribution in [0.15, 0.2) is 41.4 Å². The van der Waals surface area contributed by atoms with Crippen molar-refractivity contribution in [2.24, 2.45) is 4.99 Å². The van der Waals surface area contributed by atoms with E-state index in [2.05, 4.69) is 9.73 Å². The molecule has 27 heavy (non-hydrogen) atoms. The predicted molar refractivity (Wildman–Crippen MR) is 94.6 cm³/mol. The maximum Gasteiger partial charge on any atom is 0.325 e. The van der Waals surface area contributed by atoms with Gasteiger partial charge in [-0.15, -0.1) is 0 Å². The summed E-state index contributed by atoms with van der Waals surface area (Å²) in [4.78, 5) is 28.1. The van der Waals surface area contributed by atoms with Crippen molar-refractivity contribution in [1.29, 1.82) is 0 Å². The fraction of sp³-hybridized carbons (Fsp3) is 0.167. The van der Waals surface area contributed by atoms with Crippen molar-refractivity contribution >= 4 is 33.4 Å². The maximum atomic E-state index is 13.9. The number of rotatable bonds is 4. The minimum absolute atomic E-state index is 0.108. The number of esters is 1. The van der Waals surface area contributed by atoms with Gasteiger partial charge in [-0.3, -0.25) is 9.59 Å². The molecule has 1 heterocycles. The summed E-state index contributed by atoms with van der Waals surface area (Å²) in [7, 11) is 2.74. The van der Waals surface area contributed by atoms with Crippen LogP contribution in [0, 0.1) is 11.6 Å². The Labute approximate surface area is 156 Å². The summed E-state index contributed by atoms with van der Waals surface area (Å²) in [6.45, 7) is -0.214. The number of amides is 1. The number of hydrogen-bond donors (Lipinski definition) is 0. The van der Waals surface area contributed by atoms with E-state index in [0.717, 1.165) is 29.5 Å². The van der Waals surface area contributed by atoms with Crippen molar-refractivity contribution < 1.29 is 27.8 Å². The minimum Gasteiger partial charge on any atom is -0.497 e. The van der Waals surface area contributed by atoms with E-state index < -0.39 is 29.1 Å². The lowest BCUT2D eigenvalue weighted by molar-refractivity contribution is -0.141. The molecule has 0 bridgehead atoms. The Morgan fingerprint density at radius 3 is 2.48 bits per heavy atom. The molecule has 3 rings (SSSR count). The first-order valence-electron chi connectivity index (χ1n) is 7.72. The molecule has 9 heteroatoms. The van der Waals surface area contributed by atoms with Crippen LogP contribution in [0.2, 0.25) is 0 Å². The molecular weight excluding hydrogens is 378 g/mol. The SMILES string of the molecule is COC(=O)Cn1c(=NC(=O)c2c(F)cccc2F)sc2cc(OC)ccc21. The molecule has 1 aromatic heterocycles. The van der Waals surface area contributed by atoms with Gasteiger partial charge in [-0.25, -0.2) is 8.78 Å². The molecular formula is C18H14F2N2O4S. The molecule has 0 radical (unpaired) electrons. The number of methoxy groups -OCH3 is 2. The summed E-state index contributed by atoms with van der Waals surface area (Å²) in [6, 6.07) is 8.20. The molecule has 0 N–H and O–H groups in total. The standard InChI is InChI=1S/C18H14F2N2O4S/c1-25-10-6-7-13-14(8-10)27-18(22(13)9-15(23)26-2)21-17(24)16-11(19)4-3-5-12(16)20/h3-8H,9H2,1-2H3. The molecule has 0 spiro atoms. The fourth-order valence-corrected chi connectivity index (χ4v) is 3.51. The first-order valence-corrected chi connectivity index (χ1v) is 8.53. The van der Waals surface area contributed by atoms with Gasteiger partial charge in [-0.2, -0.15) is 4.99 Å². The van der Waals surface area contributed by atoms with E-state index >= 15 is 0 Å². The van der Waals surface area contributed by atoms with Crippen LogP contribution in [-0.4, -0.2) is 30.7 Å². The average molecular weight is 392 g/mol. The van der Waals surface area contributed by atoms with Gasteiger partial charge in [-0.1, -0.05) is 17.4 Å². The highest BCUT2D eigenvalue weighted by molar-refractivity contribution is 7.16. The third-order valence-corrected chi connectivity index (χ3v) is 4.82. The second-order valence-corrected chi connectivity index (χ2v) is 6.40. The molecule has 0 unspecified atom stereocenters. The smallest absolute Gasteiger partial charge is 0.325 e. The second kappa shape index (κ2) is 7.67. The fourth-order valence-electron chi connectivity index (χ4n) is 2.46. The lowest BCUT2D eigenvalue weighted by atomic mass is 10.2. The highest BCUT2D eigenvalue weighted by Crippen LogP contribution is 2.23. The molecule has 0 atom stereocenters. The van der Waals surface area contributed by atoms with E-state index in [1.807, 2.05) is 0 Å². The van der Waals surface area contributed by atoms with Gasteiger partial charge in [0.15, 0.2) is 4.80 Å². The number of hydrogen-bond acceptors (Lipinski definition) is 5. The highest BCUT2D eigenvalue weighted by Gasteiger charge is 2.18. The minimum atomic E-state index is -1.08. The summed E-state index contributed by atoms with van der Waals surface area (Å²) in [5.41, 5.74) is -0.149. The predicted octanol–water partition coefficient (Wildman–Crippen LogP) is 2.90. The van der Waals surface area contributed by atoms with Crippen LogP contribution in [0.25, 0.3) is 10.2 Å². The number of aromatic nitrogens is 1. The molecule has 1 amide bonds. The first-order chi connectivity index (χ1) is 12.9. The topological polar surface area (TPSA) is 69.9 Å². The summed E-state index contributed by atoms with van der Waals surface area (Å²) in [6.07, 6.45) is 0. The summed E-state index contributed by atoms with van der Waals surface area (Å²) in [5.74, 6) is -3.08. The van der Waals surface area contributed by atoms with Crippen molar-refractivity contribution in [3.8, 4) is 5.75 Å². The number of thiazole rings is 1. The van der Waals surface area contributed by atoms with Crippen LogP contribution in [0.4, 0.5) is 8.78 Å². The van der Waals surface area contributed by atoms with Crippen LogP contribution < -0.4 is 9.54 Å². The van der Waals surface area contributed by atoms with E-state index in [-0.39, 0.29) is 11.3 Å². The number of carbonyl (C=O) groups excluding carboxylic acids is 2. The van der Waals surface area contributed by atoms with E-state index in [0.29, 0.717) is 16.0 Å². The zero-order valence-corrected chi connectivity index (χ0v) is 15.2. The number of benzene rings is 2. The molecule has 0 aliphatic rings. The van der Waals surface area contributed by atoms with Gasteiger partial charge in [0.05, 0.1) is 24.4 Å². The Hall–Kier alpha value is -3.07. The molecule has 0 fully saturated rings. The van der Waals surface area contributed by atoms with Crippen LogP contribution >= 0.6 is 11.3 Å². The normalized spacial score (nSPS) is 11.6. The quantitative estimate of drug-likeness (QED) is 0.640. The van der Waals surface area contributed by atoms with E-state index in [4.69, 9.17) is 4.74 Å². The number of fused-ring (bicyclic) bond motifs is 1. The third-order valence-electron chi connectivity index (χ3n) is 3.78. The monoisotopic (exact) mass is 392 g/mol. The Kier molecular flexibility index (Phi) is 5.31. The van der Waals surface area contributed by atoms with E-state index in [1.54, 1.807) is 18.2 Å². The van der Waals surface area contributed by atoms with Crippen molar-refractivity contribution in [2.75, 3.05) is 14.2 Å². The van der Waals surface area contributed by atoms with Gasteiger partial charge in [0.25, 0.3) is 5.91 Å². The Bertz CT molecular complexity index is 1080. The molecule has 0 saturated carbocycles. The molecule has 2 aromatic carbocycles. The van der Waals surface area contributed by atoms with Gasteiger partial charge < -0.3 is 14.0 Å². The molecule has 0 aliphatic heterocycles. The average Bonchev–Trinajstić information content (AvgIpc) is 2.97. The van der Waals surface area contributed by atoms with Crippen LogP contribution in [0.3, 0.4) is 0 Å².